The van der Waals surface area contributed by atoms with Gasteiger partial charge in [-0.15, -0.1) is 0 Å². The minimum absolute atomic E-state index is 0.151. The maximum absolute atomic E-state index is 11.1. The van der Waals surface area contributed by atoms with Gasteiger partial charge < -0.3 is 10.4 Å². The molecule has 0 saturated carbocycles. The first-order chi connectivity index (χ1) is 8.66. The third kappa shape index (κ3) is 2.99. The number of hydrogen-bond donors (Lipinski definition) is 2. The Bertz CT molecular complexity index is 558. The van der Waals surface area contributed by atoms with Crippen LogP contribution in [0, 0.1) is 0 Å². The molecule has 18 heavy (non-hydrogen) atoms. The zero-order chi connectivity index (χ0) is 13.0. The summed E-state index contributed by atoms with van der Waals surface area (Å²) in [5.74, 6) is -1.01. The molecule has 2 aromatic rings. The normalized spacial score (nSPS) is 10.1. The predicted molar refractivity (Wildman–Crippen MR) is 70.0 cm³/mol. The first-order valence-electron chi connectivity index (χ1n) is 5.33. The summed E-state index contributed by atoms with van der Waals surface area (Å²) in [6, 6.07) is 10.3. The van der Waals surface area contributed by atoms with Crippen LogP contribution in [-0.4, -0.2) is 16.1 Å². The first-order valence-corrected chi connectivity index (χ1v) is 5.71. The molecule has 0 spiro atoms. The molecular formula is C13H11ClN2O2. The number of aromatic carboxylic acids is 1. The monoisotopic (exact) mass is 262 g/mol. The van der Waals surface area contributed by atoms with Crippen molar-refractivity contribution in [2.24, 2.45) is 0 Å². The minimum Gasteiger partial charge on any atom is -0.478 e. The number of halogens is 1. The molecule has 92 valence electrons. The van der Waals surface area contributed by atoms with Crippen molar-refractivity contribution in [2.45, 2.75) is 6.54 Å². The number of carboxylic acids is 1. The van der Waals surface area contributed by atoms with E-state index in [2.05, 4.69) is 10.3 Å². The van der Waals surface area contributed by atoms with Crippen molar-refractivity contribution >= 4 is 23.3 Å². The van der Waals surface area contributed by atoms with Crippen LogP contribution in [0.15, 0.2) is 42.6 Å². The average molecular weight is 263 g/mol. The van der Waals surface area contributed by atoms with Gasteiger partial charge in [-0.1, -0.05) is 17.7 Å². The summed E-state index contributed by atoms with van der Waals surface area (Å²) < 4.78 is 0. The van der Waals surface area contributed by atoms with Crippen molar-refractivity contribution in [1.82, 2.24) is 4.98 Å². The Balaban J connectivity index is 2.17. The quantitative estimate of drug-likeness (QED) is 0.889. The molecule has 2 N–H and O–H groups in total. The predicted octanol–water partition coefficient (Wildman–Crippen LogP) is 3.05. The molecule has 1 aromatic heterocycles. The van der Waals surface area contributed by atoms with Crippen molar-refractivity contribution in [2.75, 3.05) is 5.32 Å². The van der Waals surface area contributed by atoms with Gasteiger partial charge in [0.1, 0.15) is 0 Å². The number of anilines is 1. The third-order valence-corrected chi connectivity index (χ3v) is 2.63. The average Bonchev–Trinajstić information content (AvgIpc) is 2.38. The summed E-state index contributed by atoms with van der Waals surface area (Å²) >= 11 is 5.77. The summed E-state index contributed by atoms with van der Waals surface area (Å²) in [7, 11) is 0. The second-order valence-corrected chi connectivity index (χ2v) is 4.11. The van der Waals surface area contributed by atoms with Gasteiger partial charge in [-0.2, -0.15) is 0 Å². The molecule has 2 rings (SSSR count). The Hall–Kier alpha value is -2.07. The van der Waals surface area contributed by atoms with Gasteiger partial charge in [0.05, 0.1) is 17.8 Å². The van der Waals surface area contributed by atoms with Crippen molar-refractivity contribution in [3.05, 3.63) is 58.9 Å². The molecule has 0 unspecified atom stereocenters. The zero-order valence-corrected chi connectivity index (χ0v) is 10.2. The number of aromatic nitrogens is 1. The van der Waals surface area contributed by atoms with E-state index in [1.807, 2.05) is 18.2 Å². The van der Waals surface area contributed by atoms with Gasteiger partial charge in [0.25, 0.3) is 0 Å². The van der Waals surface area contributed by atoms with Crippen molar-refractivity contribution in [3.63, 3.8) is 0 Å². The number of rotatable bonds is 4. The van der Waals surface area contributed by atoms with E-state index in [4.69, 9.17) is 16.7 Å². The fourth-order valence-corrected chi connectivity index (χ4v) is 1.71. The zero-order valence-electron chi connectivity index (χ0n) is 9.43. The Morgan fingerprint density at radius 1 is 1.33 bits per heavy atom. The SMILES string of the molecule is O=C(O)c1cc(Cl)ccc1NCc1ccccn1. The highest BCUT2D eigenvalue weighted by molar-refractivity contribution is 6.31. The molecule has 4 nitrogen and oxygen atoms in total. The molecule has 0 aliphatic rings. The van der Waals surface area contributed by atoms with Crippen LogP contribution in [0.4, 0.5) is 5.69 Å². The Kier molecular flexibility index (Phi) is 3.79. The topological polar surface area (TPSA) is 62.2 Å². The van der Waals surface area contributed by atoms with Gasteiger partial charge in [0.2, 0.25) is 0 Å². The number of benzene rings is 1. The van der Waals surface area contributed by atoms with Crippen LogP contribution < -0.4 is 5.32 Å². The van der Waals surface area contributed by atoms with Crippen LogP contribution in [0.5, 0.6) is 0 Å². The van der Waals surface area contributed by atoms with Gasteiger partial charge in [0.15, 0.2) is 0 Å². The van der Waals surface area contributed by atoms with Crippen molar-refractivity contribution in [3.8, 4) is 0 Å². The molecular weight excluding hydrogens is 252 g/mol. The molecule has 0 aliphatic carbocycles. The van der Waals surface area contributed by atoms with Crippen LogP contribution in [0.1, 0.15) is 16.1 Å². The maximum Gasteiger partial charge on any atom is 0.337 e. The summed E-state index contributed by atoms with van der Waals surface area (Å²) in [6.45, 7) is 0.461. The van der Waals surface area contributed by atoms with E-state index >= 15 is 0 Å². The van der Waals surface area contributed by atoms with Gasteiger partial charge in [0, 0.05) is 16.9 Å². The molecule has 0 radical (unpaired) electrons. The van der Waals surface area contributed by atoms with Gasteiger partial charge in [-0.05, 0) is 30.3 Å². The van der Waals surface area contributed by atoms with E-state index in [1.54, 1.807) is 18.3 Å². The molecule has 0 saturated heterocycles. The van der Waals surface area contributed by atoms with Crippen LogP contribution in [0.25, 0.3) is 0 Å². The standard InChI is InChI=1S/C13H11ClN2O2/c14-9-4-5-12(11(7-9)13(17)18)16-8-10-3-1-2-6-15-10/h1-7,16H,8H2,(H,17,18). The van der Waals surface area contributed by atoms with E-state index in [1.165, 1.54) is 6.07 Å². The Morgan fingerprint density at radius 3 is 2.83 bits per heavy atom. The van der Waals surface area contributed by atoms with Crippen LogP contribution in [-0.2, 0) is 6.54 Å². The van der Waals surface area contributed by atoms with E-state index < -0.39 is 5.97 Å². The molecule has 0 fully saturated rings. The molecule has 0 bridgehead atoms. The summed E-state index contributed by atoms with van der Waals surface area (Å²) in [4.78, 5) is 15.2. The lowest BCUT2D eigenvalue weighted by Gasteiger charge is -2.09. The summed E-state index contributed by atoms with van der Waals surface area (Å²) in [5.41, 5.74) is 1.51. The Labute approximate surface area is 109 Å². The highest BCUT2D eigenvalue weighted by atomic mass is 35.5. The molecule has 0 aliphatic heterocycles. The maximum atomic E-state index is 11.1. The molecule has 1 heterocycles. The van der Waals surface area contributed by atoms with Crippen LogP contribution in [0.3, 0.4) is 0 Å². The fourth-order valence-electron chi connectivity index (χ4n) is 1.54. The van der Waals surface area contributed by atoms with Gasteiger partial charge >= 0.3 is 5.97 Å². The third-order valence-electron chi connectivity index (χ3n) is 2.40. The molecule has 5 heteroatoms. The van der Waals surface area contributed by atoms with Gasteiger partial charge in [-0.25, -0.2) is 4.79 Å². The van der Waals surface area contributed by atoms with E-state index in [-0.39, 0.29) is 5.56 Å². The fraction of sp³-hybridized carbons (Fsp3) is 0.0769. The minimum atomic E-state index is -1.01. The number of nitrogens with zero attached hydrogens (tertiary/aromatic N) is 1. The lowest BCUT2D eigenvalue weighted by Crippen LogP contribution is -2.07. The van der Waals surface area contributed by atoms with Crippen LogP contribution >= 0.6 is 11.6 Å². The number of pyridine rings is 1. The largest absolute Gasteiger partial charge is 0.478 e. The number of carbonyl (C=O) groups is 1. The number of carboxylic acid groups (broad SMARTS) is 1. The Morgan fingerprint density at radius 2 is 2.17 bits per heavy atom. The van der Waals surface area contributed by atoms with Gasteiger partial charge in [-0.3, -0.25) is 4.98 Å². The van der Waals surface area contributed by atoms with Crippen LogP contribution in [0.2, 0.25) is 5.02 Å². The van der Waals surface area contributed by atoms with E-state index in [9.17, 15) is 4.79 Å². The smallest absolute Gasteiger partial charge is 0.337 e. The number of hydrogen-bond acceptors (Lipinski definition) is 3. The lowest BCUT2D eigenvalue weighted by atomic mass is 10.1. The molecule has 0 atom stereocenters. The summed E-state index contributed by atoms with van der Waals surface area (Å²) in [6.07, 6.45) is 1.69. The number of nitrogens with one attached hydrogen (secondary N) is 1. The van der Waals surface area contributed by atoms with E-state index in [0.29, 0.717) is 17.3 Å². The molecule has 0 amide bonds. The van der Waals surface area contributed by atoms with E-state index in [0.717, 1.165) is 5.69 Å². The highest BCUT2D eigenvalue weighted by Crippen LogP contribution is 2.21. The first kappa shape index (κ1) is 12.4. The highest BCUT2D eigenvalue weighted by Gasteiger charge is 2.10. The second-order valence-electron chi connectivity index (χ2n) is 3.67. The second kappa shape index (κ2) is 5.51. The van der Waals surface area contributed by atoms with Crippen molar-refractivity contribution in [1.29, 1.82) is 0 Å². The molecule has 1 aromatic carbocycles. The van der Waals surface area contributed by atoms with Crippen molar-refractivity contribution < 1.29 is 9.90 Å². The lowest BCUT2D eigenvalue weighted by molar-refractivity contribution is 0.0698. The summed E-state index contributed by atoms with van der Waals surface area (Å²) in [5, 5.41) is 12.5.